The lowest BCUT2D eigenvalue weighted by molar-refractivity contribution is -0.137. The Morgan fingerprint density at radius 2 is 2.07 bits per heavy atom. The van der Waals surface area contributed by atoms with Gasteiger partial charge in [-0.15, -0.1) is 0 Å². The fourth-order valence-electron chi connectivity index (χ4n) is 3.32. The number of amides is 2. The van der Waals surface area contributed by atoms with Crippen LogP contribution in [0.2, 0.25) is 0 Å². The van der Waals surface area contributed by atoms with Gasteiger partial charge in [-0.1, -0.05) is 12.1 Å². The van der Waals surface area contributed by atoms with Gasteiger partial charge in [-0.3, -0.25) is 19.4 Å². The number of carbonyl (C=O) groups is 3. The zero-order valence-corrected chi connectivity index (χ0v) is 16.8. The Labute approximate surface area is 178 Å². The number of pyridine rings is 1. The Hall–Kier alpha value is -3.53. The fraction of sp³-hybridized carbons (Fsp3) is 0.250. The highest BCUT2D eigenvalue weighted by atomic mass is 32.1. The smallest absolute Gasteiger partial charge is 0.305 e. The van der Waals surface area contributed by atoms with E-state index in [-0.39, 0.29) is 17.4 Å². The molecule has 0 bridgehead atoms. The molecule has 156 valence electrons. The number of carboxylic acid groups (broad SMARTS) is 1. The predicted octanol–water partition coefficient (Wildman–Crippen LogP) is 1.35. The third-order valence-electron chi connectivity index (χ3n) is 4.62. The first-order valence-electron chi connectivity index (χ1n) is 9.25. The van der Waals surface area contributed by atoms with Gasteiger partial charge in [0.1, 0.15) is 6.42 Å². The van der Waals surface area contributed by atoms with Gasteiger partial charge in [0.25, 0.3) is 0 Å². The molecule has 1 aromatic carbocycles. The zero-order chi connectivity index (χ0) is 21.7. The number of thiocarbonyl (C=S) groups is 1. The number of hydrogen-bond acceptors (Lipinski definition) is 5. The summed E-state index contributed by atoms with van der Waals surface area (Å²) in [4.78, 5) is 42.0. The third kappa shape index (κ3) is 5.29. The Morgan fingerprint density at radius 1 is 1.27 bits per heavy atom. The molecule has 0 spiro atoms. The number of anilines is 2. The molecule has 1 aliphatic rings. The molecule has 1 unspecified atom stereocenters. The second-order valence-electron chi connectivity index (χ2n) is 6.78. The number of benzene rings is 1. The van der Waals surface area contributed by atoms with E-state index in [2.05, 4.69) is 15.6 Å². The van der Waals surface area contributed by atoms with Gasteiger partial charge in [0.05, 0.1) is 18.2 Å². The molecule has 3 rings (SSSR count). The minimum atomic E-state index is -1.08. The van der Waals surface area contributed by atoms with Crippen LogP contribution in [-0.4, -0.2) is 39.5 Å². The van der Waals surface area contributed by atoms with Crippen LogP contribution in [0.5, 0.6) is 0 Å². The molecule has 2 amide bonds. The molecule has 0 saturated heterocycles. The molecule has 0 aliphatic carbocycles. The molecule has 2 aromatic rings. The van der Waals surface area contributed by atoms with Crippen molar-refractivity contribution in [2.75, 3.05) is 16.8 Å². The molecule has 2 heterocycles. The monoisotopic (exact) mass is 427 g/mol. The maximum Gasteiger partial charge on any atom is 0.305 e. The average molecular weight is 427 g/mol. The molecule has 1 aliphatic heterocycles. The Kier molecular flexibility index (Phi) is 6.58. The first kappa shape index (κ1) is 21.2. The van der Waals surface area contributed by atoms with Crippen molar-refractivity contribution in [3.63, 3.8) is 0 Å². The van der Waals surface area contributed by atoms with Gasteiger partial charge in [-0.05, 0) is 48.5 Å². The molecule has 0 fully saturated rings. The minimum Gasteiger partial charge on any atom is -0.481 e. The van der Waals surface area contributed by atoms with Crippen molar-refractivity contribution >= 4 is 46.5 Å². The second-order valence-corrected chi connectivity index (χ2v) is 7.22. The van der Waals surface area contributed by atoms with Crippen LogP contribution >= 0.6 is 12.2 Å². The van der Waals surface area contributed by atoms with Crippen LogP contribution in [0.1, 0.15) is 30.1 Å². The summed E-state index contributed by atoms with van der Waals surface area (Å²) >= 11 is 4.84. The van der Waals surface area contributed by atoms with E-state index >= 15 is 0 Å². The van der Waals surface area contributed by atoms with E-state index in [9.17, 15) is 14.4 Å². The van der Waals surface area contributed by atoms with Crippen molar-refractivity contribution in [1.82, 2.24) is 10.3 Å². The number of hydrogen-bond donors (Lipinski definition) is 4. The van der Waals surface area contributed by atoms with E-state index in [1.165, 1.54) is 11.1 Å². The first-order valence-corrected chi connectivity index (χ1v) is 9.66. The SMILES string of the molecule is NC(=S)Nc1ccc2c(c1)N(C(=O)CC(=O)NC(CC(=O)O)c1ccccn1)CC2. The van der Waals surface area contributed by atoms with Gasteiger partial charge in [0, 0.05) is 24.1 Å². The highest BCUT2D eigenvalue weighted by molar-refractivity contribution is 7.80. The van der Waals surface area contributed by atoms with Crippen LogP contribution in [0.25, 0.3) is 0 Å². The standard InChI is InChI=1S/C20H21N5O4S/c21-20(30)23-13-5-4-12-6-8-25(16(12)9-13)18(27)11-17(26)24-15(10-19(28)29)14-3-1-2-7-22-14/h1-5,7,9,15H,6,8,10-11H2,(H,24,26)(H,28,29)(H3,21,23,30). The molecule has 1 atom stereocenters. The summed E-state index contributed by atoms with van der Waals surface area (Å²) in [7, 11) is 0. The van der Waals surface area contributed by atoms with Crippen molar-refractivity contribution in [2.45, 2.75) is 25.3 Å². The molecule has 0 radical (unpaired) electrons. The van der Waals surface area contributed by atoms with Crippen LogP contribution in [-0.2, 0) is 20.8 Å². The topological polar surface area (TPSA) is 138 Å². The van der Waals surface area contributed by atoms with Crippen molar-refractivity contribution in [3.05, 3.63) is 53.9 Å². The lowest BCUT2D eigenvalue weighted by Crippen LogP contribution is -2.37. The molecule has 0 saturated carbocycles. The summed E-state index contributed by atoms with van der Waals surface area (Å²) in [5, 5.41) is 14.7. The van der Waals surface area contributed by atoms with Gasteiger partial charge < -0.3 is 26.4 Å². The summed E-state index contributed by atoms with van der Waals surface area (Å²) in [6, 6.07) is 9.67. The van der Waals surface area contributed by atoms with Crippen LogP contribution < -0.4 is 21.3 Å². The van der Waals surface area contributed by atoms with Crippen LogP contribution in [0.4, 0.5) is 11.4 Å². The number of fused-ring (bicyclic) bond motifs is 1. The number of nitrogens with one attached hydrogen (secondary N) is 2. The molecule has 5 N–H and O–H groups in total. The van der Waals surface area contributed by atoms with E-state index < -0.39 is 24.3 Å². The van der Waals surface area contributed by atoms with Crippen molar-refractivity contribution < 1.29 is 19.5 Å². The summed E-state index contributed by atoms with van der Waals surface area (Å²) in [5.41, 5.74) is 8.25. The zero-order valence-electron chi connectivity index (χ0n) is 16.0. The number of nitrogens with two attached hydrogens (primary N) is 1. The average Bonchev–Trinajstić information content (AvgIpc) is 3.10. The van der Waals surface area contributed by atoms with Crippen molar-refractivity contribution in [1.29, 1.82) is 0 Å². The first-order chi connectivity index (χ1) is 14.3. The quantitative estimate of drug-likeness (QED) is 0.384. The minimum absolute atomic E-state index is 0.115. The summed E-state index contributed by atoms with van der Waals surface area (Å²) in [6.45, 7) is 0.455. The fourth-order valence-corrected chi connectivity index (χ4v) is 3.44. The van der Waals surface area contributed by atoms with Crippen LogP contribution in [0, 0.1) is 0 Å². The van der Waals surface area contributed by atoms with E-state index in [1.807, 2.05) is 12.1 Å². The lowest BCUT2D eigenvalue weighted by atomic mass is 10.1. The number of carbonyl (C=O) groups excluding carboxylic acids is 2. The van der Waals surface area contributed by atoms with E-state index in [0.717, 1.165) is 5.56 Å². The normalized spacial score (nSPS) is 13.3. The number of carboxylic acids is 1. The van der Waals surface area contributed by atoms with Gasteiger partial charge in [-0.25, -0.2) is 0 Å². The maximum atomic E-state index is 12.8. The van der Waals surface area contributed by atoms with Gasteiger partial charge in [0.15, 0.2) is 5.11 Å². The van der Waals surface area contributed by atoms with Crippen molar-refractivity contribution in [3.8, 4) is 0 Å². The summed E-state index contributed by atoms with van der Waals surface area (Å²) in [6.07, 6.45) is 1.44. The maximum absolute atomic E-state index is 12.8. The Bertz CT molecular complexity index is 982. The van der Waals surface area contributed by atoms with Gasteiger partial charge in [-0.2, -0.15) is 0 Å². The largest absolute Gasteiger partial charge is 0.481 e. The van der Waals surface area contributed by atoms with E-state index in [0.29, 0.717) is 30.0 Å². The number of nitrogens with zero attached hydrogens (tertiary/aromatic N) is 2. The Morgan fingerprint density at radius 3 is 2.73 bits per heavy atom. The van der Waals surface area contributed by atoms with Crippen LogP contribution in [0.3, 0.4) is 0 Å². The predicted molar refractivity (Wildman–Crippen MR) is 115 cm³/mol. The highest BCUT2D eigenvalue weighted by Crippen LogP contribution is 2.31. The highest BCUT2D eigenvalue weighted by Gasteiger charge is 2.28. The molecular formula is C20H21N5O4S. The molecule has 30 heavy (non-hydrogen) atoms. The second kappa shape index (κ2) is 9.31. The molecule has 10 heteroatoms. The summed E-state index contributed by atoms with van der Waals surface area (Å²) in [5.74, 6) is -2.03. The molecule has 1 aromatic heterocycles. The number of aliphatic carboxylic acids is 1. The lowest BCUT2D eigenvalue weighted by Gasteiger charge is -2.20. The number of aromatic nitrogens is 1. The molecule has 9 nitrogen and oxygen atoms in total. The summed E-state index contributed by atoms with van der Waals surface area (Å²) < 4.78 is 0. The van der Waals surface area contributed by atoms with Gasteiger partial charge >= 0.3 is 5.97 Å². The molecular weight excluding hydrogens is 406 g/mol. The number of rotatable bonds is 7. The van der Waals surface area contributed by atoms with Crippen LogP contribution in [0.15, 0.2) is 42.6 Å². The Balaban J connectivity index is 1.68. The third-order valence-corrected chi connectivity index (χ3v) is 4.72. The van der Waals surface area contributed by atoms with Crippen molar-refractivity contribution in [2.24, 2.45) is 5.73 Å². The van der Waals surface area contributed by atoms with E-state index in [4.69, 9.17) is 23.1 Å². The van der Waals surface area contributed by atoms with Gasteiger partial charge in [0.2, 0.25) is 11.8 Å². The van der Waals surface area contributed by atoms with E-state index in [1.54, 1.807) is 24.3 Å².